The Morgan fingerprint density at radius 2 is 1.83 bits per heavy atom. The molecule has 18 heavy (non-hydrogen) atoms. The van der Waals surface area contributed by atoms with Gasteiger partial charge in [-0.25, -0.2) is 0 Å². The number of nitrogens with two attached hydrogens (primary N) is 1. The van der Waals surface area contributed by atoms with Crippen molar-refractivity contribution in [1.29, 1.82) is 0 Å². The molecule has 0 fully saturated rings. The molecule has 0 amide bonds. The van der Waals surface area contributed by atoms with Crippen molar-refractivity contribution in [3.63, 3.8) is 0 Å². The van der Waals surface area contributed by atoms with Crippen molar-refractivity contribution in [1.82, 2.24) is 0 Å². The summed E-state index contributed by atoms with van der Waals surface area (Å²) in [6, 6.07) is 7.02. The third-order valence-corrected chi connectivity index (χ3v) is 2.30. The highest BCUT2D eigenvalue weighted by molar-refractivity contribution is 5.41. The lowest BCUT2D eigenvalue weighted by molar-refractivity contribution is -0.0422. The van der Waals surface area contributed by atoms with Gasteiger partial charge in [-0.05, 0) is 31.2 Å². The SMILES string of the molecule is COCC(C)OCC(O)COc1ccc(N)cc1. The number of benzene rings is 1. The molecule has 5 nitrogen and oxygen atoms in total. The second kappa shape index (κ2) is 7.92. The quantitative estimate of drug-likeness (QED) is 0.679. The number of anilines is 1. The highest BCUT2D eigenvalue weighted by atomic mass is 16.5. The molecule has 0 radical (unpaired) electrons. The molecule has 0 spiro atoms. The van der Waals surface area contributed by atoms with Crippen LogP contribution in [0.1, 0.15) is 6.92 Å². The first kappa shape index (κ1) is 14.8. The third-order valence-electron chi connectivity index (χ3n) is 2.30. The zero-order valence-electron chi connectivity index (χ0n) is 10.8. The summed E-state index contributed by atoms with van der Waals surface area (Å²) in [5.74, 6) is 0.674. The number of rotatable bonds is 8. The van der Waals surface area contributed by atoms with E-state index in [0.717, 1.165) is 0 Å². The summed E-state index contributed by atoms with van der Waals surface area (Å²) in [5, 5.41) is 9.67. The maximum atomic E-state index is 9.67. The average Bonchev–Trinajstić information content (AvgIpc) is 2.36. The van der Waals surface area contributed by atoms with E-state index >= 15 is 0 Å². The van der Waals surface area contributed by atoms with Gasteiger partial charge in [-0.2, -0.15) is 0 Å². The number of ether oxygens (including phenoxy) is 3. The molecule has 0 heterocycles. The molecule has 1 aromatic carbocycles. The second-order valence-corrected chi connectivity index (χ2v) is 4.13. The number of aliphatic hydroxyl groups excluding tert-OH is 1. The van der Waals surface area contributed by atoms with Crippen LogP contribution in [0.25, 0.3) is 0 Å². The first-order valence-electron chi connectivity index (χ1n) is 5.88. The van der Waals surface area contributed by atoms with Crippen molar-refractivity contribution >= 4 is 5.69 Å². The van der Waals surface area contributed by atoms with Crippen LogP contribution in [-0.4, -0.2) is 44.2 Å². The summed E-state index contributed by atoms with van der Waals surface area (Å²) in [7, 11) is 1.61. The van der Waals surface area contributed by atoms with Gasteiger partial charge in [-0.3, -0.25) is 0 Å². The lowest BCUT2D eigenvalue weighted by Crippen LogP contribution is -2.27. The average molecular weight is 255 g/mol. The molecule has 5 heteroatoms. The summed E-state index contributed by atoms with van der Waals surface area (Å²) in [5.41, 5.74) is 6.24. The Bertz CT molecular complexity index is 328. The molecule has 3 N–H and O–H groups in total. The van der Waals surface area contributed by atoms with Gasteiger partial charge in [0.1, 0.15) is 18.5 Å². The van der Waals surface area contributed by atoms with E-state index < -0.39 is 6.10 Å². The molecule has 0 bridgehead atoms. The van der Waals surface area contributed by atoms with Gasteiger partial charge in [0.05, 0.1) is 19.3 Å². The largest absolute Gasteiger partial charge is 0.491 e. The first-order valence-corrected chi connectivity index (χ1v) is 5.88. The summed E-state index contributed by atoms with van der Waals surface area (Å²) >= 11 is 0. The number of hydrogen-bond acceptors (Lipinski definition) is 5. The summed E-state index contributed by atoms with van der Waals surface area (Å²) < 4.78 is 15.7. The minimum Gasteiger partial charge on any atom is -0.491 e. The van der Waals surface area contributed by atoms with Crippen molar-refractivity contribution < 1.29 is 19.3 Å². The maximum absolute atomic E-state index is 9.67. The van der Waals surface area contributed by atoms with Gasteiger partial charge in [-0.15, -0.1) is 0 Å². The normalized spacial score (nSPS) is 14.2. The first-order chi connectivity index (χ1) is 8.61. The lowest BCUT2D eigenvalue weighted by Gasteiger charge is -2.16. The van der Waals surface area contributed by atoms with Crippen molar-refractivity contribution in [3.05, 3.63) is 24.3 Å². The molecule has 2 atom stereocenters. The predicted molar refractivity (Wildman–Crippen MR) is 69.6 cm³/mol. The van der Waals surface area contributed by atoms with Crippen LogP contribution in [0.5, 0.6) is 5.75 Å². The standard InChI is InChI=1S/C13H21NO4/c1-10(7-16-2)17-8-12(15)9-18-13-5-3-11(14)4-6-13/h3-6,10,12,15H,7-9,14H2,1-2H3. The molecular formula is C13H21NO4. The maximum Gasteiger partial charge on any atom is 0.119 e. The molecule has 1 rings (SSSR count). The molecule has 2 unspecified atom stereocenters. The van der Waals surface area contributed by atoms with E-state index in [4.69, 9.17) is 19.9 Å². The minimum absolute atomic E-state index is 0.0406. The fraction of sp³-hybridized carbons (Fsp3) is 0.538. The fourth-order valence-corrected chi connectivity index (χ4v) is 1.36. The summed E-state index contributed by atoms with van der Waals surface area (Å²) in [6.07, 6.45) is -0.706. The Morgan fingerprint density at radius 3 is 2.44 bits per heavy atom. The van der Waals surface area contributed by atoms with Crippen LogP contribution in [0.15, 0.2) is 24.3 Å². The Hall–Kier alpha value is -1.30. The van der Waals surface area contributed by atoms with Crippen LogP contribution in [0.2, 0.25) is 0 Å². The topological polar surface area (TPSA) is 73.9 Å². The summed E-state index contributed by atoms with van der Waals surface area (Å²) in [4.78, 5) is 0. The van der Waals surface area contributed by atoms with E-state index in [1.165, 1.54) is 0 Å². The van der Waals surface area contributed by atoms with Gasteiger partial charge >= 0.3 is 0 Å². The van der Waals surface area contributed by atoms with Crippen LogP contribution >= 0.6 is 0 Å². The minimum atomic E-state index is -0.665. The molecule has 0 aromatic heterocycles. The van der Waals surface area contributed by atoms with Gasteiger partial charge < -0.3 is 25.1 Å². The molecule has 0 aliphatic rings. The smallest absolute Gasteiger partial charge is 0.119 e. The van der Waals surface area contributed by atoms with Crippen LogP contribution < -0.4 is 10.5 Å². The van der Waals surface area contributed by atoms with E-state index in [0.29, 0.717) is 18.0 Å². The molecule has 0 saturated heterocycles. The lowest BCUT2D eigenvalue weighted by atomic mass is 10.3. The molecule has 1 aromatic rings. The van der Waals surface area contributed by atoms with Gasteiger partial charge in [-0.1, -0.05) is 0 Å². The van der Waals surface area contributed by atoms with E-state index in [2.05, 4.69) is 0 Å². The zero-order valence-corrected chi connectivity index (χ0v) is 10.8. The number of aliphatic hydroxyl groups is 1. The van der Waals surface area contributed by atoms with Gasteiger partial charge in [0.25, 0.3) is 0 Å². The Morgan fingerprint density at radius 1 is 1.17 bits per heavy atom. The number of hydrogen-bond donors (Lipinski definition) is 2. The Balaban J connectivity index is 2.20. The monoisotopic (exact) mass is 255 g/mol. The van der Waals surface area contributed by atoms with Crippen LogP contribution in [-0.2, 0) is 9.47 Å². The van der Waals surface area contributed by atoms with E-state index in [1.807, 2.05) is 6.92 Å². The predicted octanol–water partition coefficient (Wildman–Crippen LogP) is 1.06. The second-order valence-electron chi connectivity index (χ2n) is 4.13. The molecule has 102 valence electrons. The highest BCUT2D eigenvalue weighted by Gasteiger charge is 2.08. The fourth-order valence-electron chi connectivity index (χ4n) is 1.36. The molecular weight excluding hydrogens is 234 g/mol. The summed E-state index contributed by atoms with van der Waals surface area (Å²) in [6.45, 7) is 2.80. The van der Waals surface area contributed by atoms with Crippen LogP contribution in [0.3, 0.4) is 0 Å². The molecule has 0 aliphatic heterocycles. The van der Waals surface area contributed by atoms with Crippen LogP contribution in [0, 0.1) is 0 Å². The van der Waals surface area contributed by atoms with Crippen molar-refractivity contribution in [3.8, 4) is 5.75 Å². The van der Waals surface area contributed by atoms with E-state index in [-0.39, 0.29) is 19.3 Å². The number of nitrogen functional groups attached to an aromatic ring is 1. The van der Waals surface area contributed by atoms with E-state index in [9.17, 15) is 5.11 Å². The van der Waals surface area contributed by atoms with Gasteiger partial charge in [0.15, 0.2) is 0 Å². The highest BCUT2D eigenvalue weighted by Crippen LogP contribution is 2.13. The van der Waals surface area contributed by atoms with Crippen molar-refractivity contribution in [2.75, 3.05) is 32.7 Å². The molecule has 0 saturated carbocycles. The van der Waals surface area contributed by atoms with E-state index in [1.54, 1.807) is 31.4 Å². The third kappa shape index (κ3) is 5.86. The van der Waals surface area contributed by atoms with Crippen LogP contribution in [0.4, 0.5) is 5.69 Å². The number of methoxy groups -OCH3 is 1. The Labute approximate surface area is 107 Å². The van der Waals surface area contributed by atoms with Gasteiger partial charge in [0.2, 0.25) is 0 Å². The zero-order chi connectivity index (χ0) is 13.4. The van der Waals surface area contributed by atoms with Crippen molar-refractivity contribution in [2.45, 2.75) is 19.1 Å². The van der Waals surface area contributed by atoms with Gasteiger partial charge in [0, 0.05) is 12.8 Å². The Kier molecular flexibility index (Phi) is 6.49. The van der Waals surface area contributed by atoms with Crippen molar-refractivity contribution in [2.24, 2.45) is 0 Å². The molecule has 0 aliphatic carbocycles.